The topological polar surface area (TPSA) is 18.5 Å². The molecular formula is C10H16O2Si. The molecule has 3 heteroatoms. The molecule has 0 aliphatic rings. The summed E-state index contributed by atoms with van der Waals surface area (Å²) in [7, 11) is 0.957. The molecule has 0 aromatic heterocycles. The molecule has 72 valence electrons. The van der Waals surface area contributed by atoms with Crippen molar-refractivity contribution in [2.75, 3.05) is 13.9 Å². The van der Waals surface area contributed by atoms with Gasteiger partial charge in [0.2, 0.25) is 0 Å². The quantitative estimate of drug-likeness (QED) is 0.535. The van der Waals surface area contributed by atoms with Crippen LogP contribution in [-0.4, -0.2) is 22.7 Å². The molecule has 0 amide bonds. The van der Waals surface area contributed by atoms with E-state index < -0.39 is 8.80 Å². The first kappa shape index (κ1) is 10.3. The van der Waals surface area contributed by atoms with Gasteiger partial charge in [-0.25, -0.2) is 0 Å². The van der Waals surface area contributed by atoms with Crippen molar-refractivity contribution in [3.05, 3.63) is 24.3 Å². The van der Waals surface area contributed by atoms with Crippen molar-refractivity contribution in [1.29, 1.82) is 0 Å². The van der Waals surface area contributed by atoms with Crippen molar-refractivity contribution >= 4 is 14.0 Å². The van der Waals surface area contributed by atoms with E-state index in [0.29, 0.717) is 6.79 Å². The van der Waals surface area contributed by atoms with Crippen LogP contribution >= 0.6 is 0 Å². The molecule has 0 saturated carbocycles. The van der Waals surface area contributed by atoms with Gasteiger partial charge in [-0.1, -0.05) is 30.4 Å². The smallest absolute Gasteiger partial charge is 0.188 e. The Balaban J connectivity index is 2.59. The van der Waals surface area contributed by atoms with Crippen molar-refractivity contribution in [1.82, 2.24) is 0 Å². The van der Waals surface area contributed by atoms with Gasteiger partial charge in [0.1, 0.15) is 5.75 Å². The average molecular weight is 196 g/mol. The van der Waals surface area contributed by atoms with Crippen LogP contribution in [0.5, 0.6) is 5.75 Å². The van der Waals surface area contributed by atoms with E-state index in [2.05, 4.69) is 25.2 Å². The zero-order chi connectivity index (χ0) is 9.68. The van der Waals surface area contributed by atoms with Crippen molar-refractivity contribution in [2.45, 2.75) is 13.1 Å². The number of hydrogen-bond acceptors (Lipinski definition) is 2. The monoisotopic (exact) mass is 196 g/mol. The van der Waals surface area contributed by atoms with Crippen molar-refractivity contribution < 1.29 is 9.47 Å². The second-order valence-corrected chi connectivity index (χ2v) is 6.25. The van der Waals surface area contributed by atoms with Crippen LogP contribution in [0.3, 0.4) is 0 Å². The molecule has 1 rings (SSSR count). The highest BCUT2D eigenvalue weighted by molar-refractivity contribution is 6.70. The summed E-state index contributed by atoms with van der Waals surface area (Å²) in [5, 5.41) is 1.46. The van der Waals surface area contributed by atoms with Crippen LogP contribution in [0.4, 0.5) is 0 Å². The lowest BCUT2D eigenvalue weighted by Gasteiger charge is -2.06. The normalized spacial score (nSPS) is 10.5. The van der Waals surface area contributed by atoms with E-state index in [-0.39, 0.29) is 0 Å². The molecule has 13 heavy (non-hydrogen) atoms. The van der Waals surface area contributed by atoms with Gasteiger partial charge < -0.3 is 9.47 Å². The zero-order valence-corrected chi connectivity index (χ0v) is 9.57. The Morgan fingerprint density at radius 3 is 2.23 bits per heavy atom. The molecule has 0 atom stereocenters. The van der Waals surface area contributed by atoms with Gasteiger partial charge in [-0.05, 0) is 12.1 Å². The van der Waals surface area contributed by atoms with Crippen LogP contribution in [0.25, 0.3) is 0 Å². The summed E-state index contributed by atoms with van der Waals surface area (Å²) in [6.07, 6.45) is 0. The largest absolute Gasteiger partial charge is 0.468 e. The molecule has 0 aliphatic heterocycles. The maximum Gasteiger partial charge on any atom is 0.188 e. The Hall–Kier alpha value is -0.803. The molecule has 0 fully saturated rings. The van der Waals surface area contributed by atoms with Crippen LogP contribution in [0.1, 0.15) is 0 Å². The fourth-order valence-electron chi connectivity index (χ4n) is 1.08. The van der Waals surface area contributed by atoms with Gasteiger partial charge in [0, 0.05) is 7.11 Å². The number of ether oxygens (including phenoxy) is 2. The Morgan fingerprint density at radius 2 is 1.77 bits per heavy atom. The molecule has 0 radical (unpaired) electrons. The van der Waals surface area contributed by atoms with Gasteiger partial charge in [-0.2, -0.15) is 0 Å². The van der Waals surface area contributed by atoms with E-state index in [1.54, 1.807) is 7.11 Å². The Bertz CT molecular complexity index is 244. The Morgan fingerprint density at radius 1 is 1.15 bits per heavy atom. The summed E-state index contributed by atoms with van der Waals surface area (Å²) < 4.78 is 10.1. The Labute approximate surface area is 81.1 Å². The lowest BCUT2D eigenvalue weighted by atomic mass is 10.3. The molecule has 0 aliphatic carbocycles. The molecule has 0 bridgehead atoms. The first-order valence-corrected chi connectivity index (χ1v) is 7.34. The van der Waals surface area contributed by atoms with Crippen LogP contribution in [0, 0.1) is 0 Å². The highest BCUT2D eigenvalue weighted by Gasteiger charge is 1.99. The number of methoxy groups -OCH3 is 1. The minimum Gasteiger partial charge on any atom is -0.468 e. The lowest BCUT2D eigenvalue weighted by molar-refractivity contribution is 0.0511. The fraction of sp³-hybridized carbons (Fsp3) is 0.400. The highest BCUT2D eigenvalue weighted by atomic mass is 28.3. The van der Waals surface area contributed by atoms with Crippen molar-refractivity contribution in [2.24, 2.45) is 0 Å². The zero-order valence-electron chi connectivity index (χ0n) is 8.41. The van der Waals surface area contributed by atoms with E-state index >= 15 is 0 Å². The third-order valence-corrected chi connectivity index (χ3v) is 3.61. The molecular weight excluding hydrogens is 180 g/mol. The number of benzene rings is 1. The first-order valence-electron chi connectivity index (χ1n) is 4.45. The second-order valence-electron chi connectivity index (χ2n) is 3.27. The van der Waals surface area contributed by atoms with Gasteiger partial charge in [0.25, 0.3) is 0 Å². The van der Waals surface area contributed by atoms with E-state index in [4.69, 9.17) is 9.47 Å². The van der Waals surface area contributed by atoms with Gasteiger partial charge in [-0.15, -0.1) is 0 Å². The third-order valence-electron chi connectivity index (χ3n) is 1.89. The van der Waals surface area contributed by atoms with E-state index in [1.165, 1.54) is 5.19 Å². The Kier molecular flexibility index (Phi) is 3.99. The van der Waals surface area contributed by atoms with Crippen LogP contribution < -0.4 is 9.92 Å². The molecule has 2 nitrogen and oxygen atoms in total. The molecule has 0 spiro atoms. The number of rotatable bonds is 4. The molecule has 0 N–H and O–H groups in total. The van der Waals surface area contributed by atoms with Gasteiger partial charge in [-0.3, -0.25) is 0 Å². The standard InChI is InChI=1S/C10H16O2Si/c1-11-8-12-9-4-6-10(7-5-9)13(2)3/h4-7,13H,8H2,1-3H3. The second kappa shape index (κ2) is 5.04. The minimum atomic E-state index is -0.663. The predicted molar refractivity (Wildman–Crippen MR) is 57.5 cm³/mol. The average Bonchev–Trinajstić information content (AvgIpc) is 2.15. The fourth-order valence-corrected chi connectivity index (χ4v) is 2.04. The lowest BCUT2D eigenvalue weighted by Crippen LogP contribution is -2.21. The first-order chi connectivity index (χ1) is 6.24. The molecule has 0 heterocycles. The molecule has 0 saturated heterocycles. The molecule has 1 aromatic carbocycles. The van der Waals surface area contributed by atoms with Gasteiger partial charge >= 0.3 is 0 Å². The van der Waals surface area contributed by atoms with Crippen LogP contribution in [0.2, 0.25) is 13.1 Å². The summed E-state index contributed by atoms with van der Waals surface area (Å²) in [5.41, 5.74) is 0. The van der Waals surface area contributed by atoms with E-state index in [1.807, 2.05) is 12.1 Å². The summed E-state index contributed by atoms with van der Waals surface area (Å²) in [4.78, 5) is 0. The predicted octanol–water partition coefficient (Wildman–Crippen LogP) is 1.36. The van der Waals surface area contributed by atoms with Crippen molar-refractivity contribution in [3.8, 4) is 5.75 Å². The molecule has 1 aromatic rings. The van der Waals surface area contributed by atoms with Crippen LogP contribution in [-0.2, 0) is 4.74 Å². The maximum absolute atomic E-state index is 5.28. The van der Waals surface area contributed by atoms with Gasteiger partial charge in [0.05, 0.1) is 8.80 Å². The third kappa shape index (κ3) is 3.20. The van der Waals surface area contributed by atoms with E-state index in [0.717, 1.165) is 5.75 Å². The SMILES string of the molecule is COCOc1ccc([SiH](C)C)cc1. The summed E-state index contributed by atoms with van der Waals surface area (Å²) in [6.45, 7) is 4.94. The number of hydrogen-bond donors (Lipinski definition) is 0. The van der Waals surface area contributed by atoms with Gasteiger partial charge in [0.15, 0.2) is 6.79 Å². The summed E-state index contributed by atoms with van der Waals surface area (Å²) in [6, 6.07) is 8.28. The maximum atomic E-state index is 5.28. The highest BCUT2D eigenvalue weighted by Crippen LogP contribution is 2.07. The van der Waals surface area contributed by atoms with Crippen molar-refractivity contribution in [3.63, 3.8) is 0 Å². The van der Waals surface area contributed by atoms with Crippen LogP contribution in [0.15, 0.2) is 24.3 Å². The van der Waals surface area contributed by atoms with E-state index in [9.17, 15) is 0 Å². The summed E-state index contributed by atoms with van der Waals surface area (Å²) >= 11 is 0. The minimum absolute atomic E-state index is 0.318. The molecule has 0 unspecified atom stereocenters. The summed E-state index contributed by atoms with van der Waals surface area (Å²) in [5.74, 6) is 0.875.